The average Bonchev–Trinajstić information content (AvgIpc) is 3.10. The molecule has 0 radical (unpaired) electrons. The number of hydrogen-bond acceptors (Lipinski definition) is 3. The highest BCUT2D eigenvalue weighted by Crippen LogP contribution is 2.32. The molecular weight excluding hydrogens is 348 g/mol. The number of carbonyl (C=O) groups excluding carboxylic acids is 1. The van der Waals surface area contributed by atoms with Crippen LogP contribution in [0.25, 0.3) is 0 Å². The molecule has 0 saturated carbocycles. The fourth-order valence-corrected chi connectivity index (χ4v) is 5.13. The van der Waals surface area contributed by atoms with Crippen LogP contribution in [0.1, 0.15) is 23.6 Å². The Balaban J connectivity index is 1.72. The summed E-state index contributed by atoms with van der Waals surface area (Å²) in [5.41, 5.74) is 4.09. The Hall–Kier alpha value is -2.18. The predicted octanol–water partition coefficient (Wildman–Crippen LogP) is 2.35. The third-order valence-electron chi connectivity index (χ3n) is 5.37. The highest BCUT2D eigenvalue weighted by molar-refractivity contribution is 7.89. The van der Waals surface area contributed by atoms with E-state index in [2.05, 4.69) is 0 Å². The van der Waals surface area contributed by atoms with E-state index in [1.807, 2.05) is 48.5 Å². The van der Waals surface area contributed by atoms with Gasteiger partial charge >= 0.3 is 0 Å². The van der Waals surface area contributed by atoms with Crippen molar-refractivity contribution in [1.82, 2.24) is 4.31 Å². The van der Waals surface area contributed by atoms with E-state index in [1.54, 1.807) is 11.8 Å². The van der Waals surface area contributed by atoms with E-state index in [1.165, 1.54) is 4.31 Å². The van der Waals surface area contributed by atoms with E-state index in [4.69, 9.17) is 0 Å². The summed E-state index contributed by atoms with van der Waals surface area (Å²) in [6, 6.07) is 15.0. The van der Waals surface area contributed by atoms with Crippen molar-refractivity contribution in [3.8, 4) is 0 Å². The lowest BCUT2D eigenvalue weighted by atomic mass is 9.95. The van der Waals surface area contributed by atoms with Crippen LogP contribution >= 0.6 is 0 Å². The van der Waals surface area contributed by atoms with Gasteiger partial charge in [0, 0.05) is 18.8 Å². The number of fused-ring (bicyclic) bond motifs is 2. The molecule has 4 rings (SSSR count). The van der Waals surface area contributed by atoms with Crippen LogP contribution in [0.15, 0.2) is 48.5 Å². The Morgan fingerprint density at radius 2 is 1.69 bits per heavy atom. The number of anilines is 1. The fraction of sp³-hybridized carbons (Fsp3) is 0.350. The maximum Gasteiger partial charge on any atom is 0.245 e. The molecule has 2 aromatic carbocycles. The van der Waals surface area contributed by atoms with E-state index in [9.17, 15) is 13.2 Å². The summed E-state index contributed by atoms with van der Waals surface area (Å²) in [5.74, 6) is -0.128. The summed E-state index contributed by atoms with van der Waals surface area (Å²) in [6.45, 7) is 2.50. The quantitative estimate of drug-likeness (QED) is 0.833. The van der Waals surface area contributed by atoms with Gasteiger partial charge in [0.1, 0.15) is 6.04 Å². The molecule has 0 N–H and O–H groups in total. The summed E-state index contributed by atoms with van der Waals surface area (Å²) < 4.78 is 26.8. The Bertz CT molecular complexity index is 955. The monoisotopic (exact) mass is 370 g/mol. The van der Waals surface area contributed by atoms with Crippen LogP contribution < -0.4 is 4.90 Å². The Kier molecular flexibility index (Phi) is 4.32. The second-order valence-corrected chi connectivity index (χ2v) is 9.01. The summed E-state index contributed by atoms with van der Waals surface area (Å²) >= 11 is 0. The molecule has 1 unspecified atom stereocenters. The van der Waals surface area contributed by atoms with Gasteiger partial charge in [-0.05, 0) is 42.5 Å². The van der Waals surface area contributed by atoms with E-state index >= 15 is 0 Å². The lowest BCUT2D eigenvalue weighted by Crippen LogP contribution is -2.53. The molecule has 2 aliphatic heterocycles. The maximum atomic E-state index is 13.4. The van der Waals surface area contributed by atoms with Crippen molar-refractivity contribution in [3.05, 3.63) is 65.2 Å². The van der Waals surface area contributed by atoms with Gasteiger partial charge in [-0.3, -0.25) is 4.79 Å². The highest BCUT2D eigenvalue weighted by atomic mass is 32.2. The van der Waals surface area contributed by atoms with Crippen molar-refractivity contribution in [1.29, 1.82) is 0 Å². The van der Waals surface area contributed by atoms with Crippen molar-refractivity contribution in [2.24, 2.45) is 0 Å². The molecule has 0 fully saturated rings. The third-order valence-corrected chi connectivity index (χ3v) is 7.19. The first-order valence-electron chi connectivity index (χ1n) is 8.97. The van der Waals surface area contributed by atoms with E-state index < -0.39 is 16.1 Å². The molecule has 0 bridgehead atoms. The summed E-state index contributed by atoms with van der Waals surface area (Å²) in [7, 11) is -3.48. The fourth-order valence-electron chi connectivity index (χ4n) is 3.91. The van der Waals surface area contributed by atoms with Gasteiger partial charge in [0.05, 0.1) is 5.75 Å². The normalized spacial score (nSPS) is 19.9. The van der Waals surface area contributed by atoms with Gasteiger partial charge in [0.15, 0.2) is 0 Å². The molecule has 0 spiro atoms. The van der Waals surface area contributed by atoms with Crippen LogP contribution in [-0.4, -0.2) is 37.0 Å². The molecule has 2 heterocycles. The number of nitrogens with zero attached hydrogens (tertiary/aromatic N) is 2. The molecule has 26 heavy (non-hydrogen) atoms. The van der Waals surface area contributed by atoms with Crippen LogP contribution in [-0.2, 0) is 34.2 Å². The second-order valence-electron chi connectivity index (χ2n) is 6.80. The molecule has 5 nitrogen and oxygen atoms in total. The minimum absolute atomic E-state index is 0.00443. The molecule has 2 aliphatic rings. The Morgan fingerprint density at radius 3 is 2.42 bits per heavy atom. The van der Waals surface area contributed by atoms with E-state index in [-0.39, 0.29) is 18.2 Å². The molecule has 0 aromatic heterocycles. The average molecular weight is 370 g/mol. The van der Waals surface area contributed by atoms with Crippen LogP contribution in [0.3, 0.4) is 0 Å². The number of sulfonamides is 1. The number of carbonyl (C=O) groups is 1. The Morgan fingerprint density at radius 1 is 1.04 bits per heavy atom. The van der Waals surface area contributed by atoms with Gasteiger partial charge in [0.2, 0.25) is 15.9 Å². The molecule has 136 valence electrons. The molecule has 2 aromatic rings. The molecule has 0 saturated heterocycles. The van der Waals surface area contributed by atoms with Crippen molar-refractivity contribution in [2.45, 2.75) is 32.4 Å². The largest absolute Gasteiger partial charge is 0.310 e. The zero-order valence-corrected chi connectivity index (χ0v) is 15.6. The zero-order chi connectivity index (χ0) is 18.3. The predicted molar refractivity (Wildman–Crippen MR) is 101 cm³/mol. The van der Waals surface area contributed by atoms with Crippen LogP contribution in [0.2, 0.25) is 0 Å². The van der Waals surface area contributed by atoms with Crippen molar-refractivity contribution in [2.75, 3.05) is 17.2 Å². The lowest BCUT2D eigenvalue weighted by Gasteiger charge is -2.36. The van der Waals surface area contributed by atoms with Gasteiger partial charge < -0.3 is 4.90 Å². The lowest BCUT2D eigenvalue weighted by molar-refractivity contribution is -0.122. The minimum atomic E-state index is -3.48. The number of hydrogen-bond donors (Lipinski definition) is 0. The van der Waals surface area contributed by atoms with Gasteiger partial charge in [-0.15, -0.1) is 0 Å². The number of para-hydroxylation sites is 1. The molecule has 1 amide bonds. The summed E-state index contributed by atoms with van der Waals surface area (Å²) in [6.07, 6.45) is 1.23. The topological polar surface area (TPSA) is 57.7 Å². The van der Waals surface area contributed by atoms with E-state index in [0.717, 1.165) is 28.8 Å². The van der Waals surface area contributed by atoms with Crippen molar-refractivity contribution in [3.63, 3.8) is 0 Å². The van der Waals surface area contributed by atoms with Gasteiger partial charge in [-0.25, -0.2) is 8.42 Å². The van der Waals surface area contributed by atoms with Crippen molar-refractivity contribution >= 4 is 21.6 Å². The molecule has 6 heteroatoms. The first-order chi connectivity index (χ1) is 12.5. The zero-order valence-electron chi connectivity index (χ0n) is 14.8. The minimum Gasteiger partial charge on any atom is -0.310 e. The number of benzene rings is 2. The highest BCUT2D eigenvalue weighted by Gasteiger charge is 2.41. The molecule has 0 aliphatic carbocycles. The summed E-state index contributed by atoms with van der Waals surface area (Å²) in [4.78, 5) is 15.1. The number of rotatable bonds is 3. The SMILES string of the molecule is CCS(=O)(=O)N1Cc2ccccc2CC1C(=O)N1CCc2ccccc21. The standard InChI is InChI=1S/C20H22N2O3S/c1-2-26(24,25)22-14-17-9-4-3-8-16(17)13-19(22)20(23)21-12-11-15-7-5-6-10-18(15)21/h3-10,19H,2,11-14H2,1H3. The molecular formula is C20H22N2O3S. The number of amides is 1. The first-order valence-corrected chi connectivity index (χ1v) is 10.6. The van der Waals surface area contributed by atoms with Crippen molar-refractivity contribution < 1.29 is 13.2 Å². The first kappa shape index (κ1) is 17.2. The second kappa shape index (κ2) is 6.52. The van der Waals surface area contributed by atoms with Crippen LogP contribution in [0.5, 0.6) is 0 Å². The summed E-state index contributed by atoms with van der Waals surface area (Å²) in [5, 5.41) is 0. The van der Waals surface area contributed by atoms with E-state index in [0.29, 0.717) is 13.0 Å². The Labute approximate surface area is 154 Å². The van der Waals surface area contributed by atoms with Gasteiger partial charge in [0.25, 0.3) is 0 Å². The third kappa shape index (κ3) is 2.83. The van der Waals surface area contributed by atoms with Crippen LogP contribution in [0, 0.1) is 0 Å². The maximum absolute atomic E-state index is 13.4. The van der Waals surface area contributed by atoms with Gasteiger partial charge in [-0.2, -0.15) is 4.31 Å². The smallest absolute Gasteiger partial charge is 0.245 e. The van der Waals surface area contributed by atoms with Gasteiger partial charge in [-0.1, -0.05) is 42.5 Å². The molecule has 1 atom stereocenters. The van der Waals surface area contributed by atoms with Crippen LogP contribution in [0.4, 0.5) is 5.69 Å².